The SMILES string of the molecule is CC1CN(S(=O)(=O)Cc2ccccc2C(N)=S)CCN1C. The predicted octanol–water partition coefficient (Wildman–Crippen LogP) is 0.786. The van der Waals surface area contributed by atoms with Crippen LogP contribution in [0.1, 0.15) is 18.1 Å². The van der Waals surface area contributed by atoms with Gasteiger partial charge in [0.1, 0.15) is 4.99 Å². The van der Waals surface area contributed by atoms with E-state index in [-0.39, 0.29) is 16.8 Å². The van der Waals surface area contributed by atoms with Gasteiger partial charge in [-0.15, -0.1) is 0 Å². The average molecular weight is 327 g/mol. The van der Waals surface area contributed by atoms with Gasteiger partial charge in [-0.05, 0) is 19.5 Å². The van der Waals surface area contributed by atoms with Crippen molar-refractivity contribution in [3.8, 4) is 0 Å². The summed E-state index contributed by atoms with van der Waals surface area (Å²) in [5.74, 6) is -0.0586. The first kappa shape index (κ1) is 16.4. The van der Waals surface area contributed by atoms with E-state index < -0.39 is 10.0 Å². The minimum atomic E-state index is -3.36. The molecule has 1 saturated heterocycles. The van der Waals surface area contributed by atoms with E-state index in [0.29, 0.717) is 24.2 Å². The standard InChI is InChI=1S/C14H21N3O2S2/c1-11-9-17(8-7-16(11)2)21(18,19)10-12-5-3-4-6-13(12)14(15)20/h3-6,11H,7-10H2,1-2H3,(H2,15,20). The highest BCUT2D eigenvalue weighted by molar-refractivity contribution is 7.88. The summed E-state index contributed by atoms with van der Waals surface area (Å²) < 4.78 is 26.8. The Labute approximate surface area is 131 Å². The Morgan fingerprint density at radius 3 is 2.67 bits per heavy atom. The first-order chi connectivity index (χ1) is 9.81. The van der Waals surface area contributed by atoms with E-state index in [2.05, 4.69) is 4.90 Å². The van der Waals surface area contributed by atoms with E-state index >= 15 is 0 Å². The topological polar surface area (TPSA) is 66.6 Å². The zero-order chi connectivity index (χ0) is 15.6. The fourth-order valence-electron chi connectivity index (χ4n) is 2.44. The highest BCUT2D eigenvalue weighted by Gasteiger charge is 2.30. The number of nitrogens with zero attached hydrogens (tertiary/aromatic N) is 2. The van der Waals surface area contributed by atoms with Gasteiger partial charge in [-0.3, -0.25) is 0 Å². The van der Waals surface area contributed by atoms with Crippen molar-refractivity contribution in [3.63, 3.8) is 0 Å². The number of likely N-dealkylation sites (N-methyl/N-ethyl adjacent to an activating group) is 1. The van der Waals surface area contributed by atoms with Gasteiger partial charge in [-0.1, -0.05) is 36.5 Å². The highest BCUT2D eigenvalue weighted by Crippen LogP contribution is 2.18. The Balaban J connectivity index is 2.20. The van der Waals surface area contributed by atoms with Crippen LogP contribution >= 0.6 is 12.2 Å². The van der Waals surface area contributed by atoms with Gasteiger partial charge in [0.05, 0.1) is 5.75 Å². The predicted molar refractivity (Wildman–Crippen MR) is 88.6 cm³/mol. The molecule has 0 aliphatic carbocycles. The monoisotopic (exact) mass is 327 g/mol. The van der Waals surface area contributed by atoms with Crippen molar-refractivity contribution in [2.75, 3.05) is 26.7 Å². The summed E-state index contributed by atoms with van der Waals surface area (Å²) in [6, 6.07) is 7.37. The van der Waals surface area contributed by atoms with E-state index in [1.807, 2.05) is 20.0 Å². The molecule has 1 atom stereocenters. The molecular formula is C14H21N3O2S2. The van der Waals surface area contributed by atoms with Gasteiger partial charge in [0.15, 0.2) is 0 Å². The number of benzene rings is 1. The molecule has 1 aliphatic rings. The normalized spacial score (nSPS) is 21.3. The minimum absolute atomic E-state index is 0.0586. The summed E-state index contributed by atoms with van der Waals surface area (Å²) in [7, 11) is -1.35. The Morgan fingerprint density at radius 1 is 1.38 bits per heavy atom. The molecule has 0 amide bonds. The molecular weight excluding hydrogens is 306 g/mol. The third-order valence-electron chi connectivity index (χ3n) is 3.94. The fraction of sp³-hybridized carbons (Fsp3) is 0.500. The molecule has 116 valence electrons. The van der Waals surface area contributed by atoms with Gasteiger partial charge < -0.3 is 10.6 Å². The van der Waals surface area contributed by atoms with Crippen LogP contribution in [-0.4, -0.2) is 55.3 Å². The molecule has 1 heterocycles. The first-order valence-electron chi connectivity index (χ1n) is 6.87. The van der Waals surface area contributed by atoms with Gasteiger partial charge in [0.2, 0.25) is 10.0 Å². The van der Waals surface area contributed by atoms with Crippen LogP contribution in [0.2, 0.25) is 0 Å². The second-order valence-electron chi connectivity index (χ2n) is 5.47. The van der Waals surface area contributed by atoms with E-state index in [0.717, 1.165) is 6.54 Å². The number of thiocarbonyl (C=S) groups is 1. The van der Waals surface area contributed by atoms with Gasteiger partial charge in [0.25, 0.3) is 0 Å². The van der Waals surface area contributed by atoms with Crippen molar-refractivity contribution in [1.82, 2.24) is 9.21 Å². The molecule has 0 saturated carbocycles. The number of nitrogens with two attached hydrogens (primary N) is 1. The van der Waals surface area contributed by atoms with E-state index in [9.17, 15) is 8.42 Å². The average Bonchev–Trinajstić information content (AvgIpc) is 2.41. The summed E-state index contributed by atoms with van der Waals surface area (Å²) in [5, 5.41) is 0. The largest absolute Gasteiger partial charge is 0.389 e. The van der Waals surface area contributed by atoms with Crippen LogP contribution in [0.4, 0.5) is 0 Å². The Kier molecular flexibility index (Phi) is 4.98. The van der Waals surface area contributed by atoms with Gasteiger partial charge in [0, 0.05) is 31.2 Å². The third kappa shape index (κ3) is 3.79. The lowest BCUT2D eigenvalue weighted by molar-refractivity contribution is 0.159. The van der Waals surface area contributed by atoms with Gasteiger partial charge in [-0.25, -0.2) is 8.42 Å². The molecule has 2 rings (SSSR count). The molecule has 7 heteroatoms. The summed E-state index contributed by atoms with van der Waals surface area (Å²) in [6.07, 6.45) is 0. The lowest BCUT2D eigenvalue weighted by Crippen LogP contribution is -2.52. The first-order valence-corrected chi connectivity index (χ1v) is 8.89. The molecule has 0 spiro atoms. The van der Waals surface area contributed by atoms with Crippen molar-refractivity contribution in [1.29, 1.82) is 0 Å². The summed E-state index contributed by atoms with van der Waals surface area (Å²) in [6.45, 7) is 3.83. The molecule has 1 aliphatic heterocycles. The summed E-state index contributed by atoms with van der Waals surface area (Å²) >= 11 is 4.99. The molecule has 1 aromatic rings. The second-order valence-corrected chi connectivity index (χ2v) is 7.87. The molecule has 2 N–H and O–H groups in total. The molecule has 21 heavy (non-hydrogen) atoms. The van der Waals surface area contributed by atoms with E-state index in [4.69, 9.17) is 18.0 Å². The van der Waals surface area contributed by atoms with E-state index in [1.165, 1.54) is 0 Å². The maximum atomic E-state index is 12.6. The van der Waals surface area contributed by atoms with Crippen molar-refractivity contribution in [2.24, 2.45) is 5.73 Å². The van der Waals surface area contributed by atoms with Crippen molar-refractivity contribution in [2.45, 2.75) is 18.7 Å². The third-order valence-corrected chi connectivity index (χ3v) is 5.95. The minimum Gasteiger partial charge on any atom is -0.389 e. The van der Waals surface area contributed by atoms with Crippen LogP contribution in [-0.2, 0) is 15.8 Å². The molecule has 1 fully saturated rings. The molecule has 1 aromatic carbocycles. The van der Waals surface area contributed by atoms with Crippen LogP contribution in [0.3, 0.4) is 0 Å². The van der Waals surface area contributed by atoms with Crippen LogP contribution in [0.15, 0.2) is 24.3 Å². The van der Waals surface area contributed by atoms with Crippen LogP contribution in [0.5, 0.6) is 0 Å². The van der Waals surface area contributed by atoms with Crippen LogP contribution in [0, 0.1) is 0 Å². The van der Waals surface area contributed by atoms with Crippen molar-refractivity contribution >= 4 is 27.2 Å². The Hall–Kier alpha value is -1.02. The Bertz CT molecular complexity index is 631. The van der Waals surface area contributed by atoms with E-state index in [1.54, 1.807) is 22.5 Å². The smallest absolute Gasteiger partial charge is 0.218 e. The molecule has 1 unspecified atom stereocenters. The fourth-order valence-corrected chi connectivity index (χ4v) is 4.27. The lowest BCUT2D eigenvalue weighted by atomic mass is 10.1. The van der Waals surface area contributed by atoms with Crippen molar-refractivity contribution in [3.05, 3.63) is 35.4 Å². The number of piperazine rings is 1. The highest BCUT2D eigenvalue weighted by atomic mass is 32.2. The van der Waals surface area contributed by atoms with Crippen LogP contribution in [0.25, 0.3) is 0 Å². The number of hydrogen-bond donors (Lipinski definition) is 1. The molecule has 5 nitrogen and oxygen atoms in total. The summed E-state index contributed by atoms with van der Waals surface area (Å²) in [5.41, 5.74) is 6.97. The zero-order valence-electron chi connectivity index (χ0n) is 12.3. The Morgan fingerprint density at radius 2 is 2.05 bits per heavy atom. The van der Waals surface area contributed by atoms with Gasteiger partial charge >= 0.3 is 0 Å². The molecule has 0 aromatic heterocycles. The lowest BCUT2D eigenvalue weighted by Gasteiger charge is -2.36. The molecule has 0 bridgehead atoms. The maximum Gasteiger partial charge on any atom is 0.218 e. The molecule has 0 radical (unpaired) electrons. The number of sulfonamides is 1. The number of rotatable bonds is 4. The zero-order valence-corrected chi connectivity index (χ0v) is 14.0. The summed E-state index contributed by atoms with van der Waals surface area (Å²) in [4.78, 5) is 2.39. The van der Waals surface area contributed by atoms with Gasteiger partial charge in [-0.2, -0.15) is 4.31 Å². The van der Waals surface area contributed by atoms with Crippen molar-refractivity contribution < 1.29 is 8.42 Å². The van der Waals surface area contributed by atoms with Crippen LogP contribution < -0.4 is 5.73 Å². The maximum absolute atomic E-state index is 12.6. The quantitative estimate of drug-likeness (QED) is 0.828. The second kappa shape index (κ2) is 6.39. The number of hydrogen-bond acceptors (Lipinski definition) is 4.